The van der Waals surface area contributed by atoms with Crippen molar-refractivity contribution in [3.63, 3.8) is 0 Å². The predicted octanol–water partition coefficient (Wildman–Crippen LogP) is 4.29. The van der Waals surface area contributed by atoms with Crippen LogP contribution in [0.4, 0.5) is 5.69 Å². The number of furan rings is 1. The number of nitrogens with zero attached hydrogens (tertiary/aromatic N) is 2. The van der Waals surface area contributed by atoms with E-state index >= 15 is 0 Å². The molecule has 0 spiro atoms. The molecular weight excluding hydrogens is 372 g/mol. The van der Waals surface area contributed by atoms with Crippen LogP contribution in [0.25, 0.3) is 0 Å². The molecule has 128 valence electrons. The van der Waals surface area contributed by atoms with Gasteiger partial charge in [0.15, 0.2) is 4.67 Å². The van der Waals surface area contributed by atoms with Gasteiger partial charge in [-0.25, -0.2) is 4.79 Å². The molecule has 5 nitrogen and oxygen atoms in total. The van der Waals surface area contributed by atoms with Crippen LogP contribution in [0, 0.1) is 0 Å². The van der Waals surface area contributed by atoms with Gasteiger partial charge >= 0.3 is 5.97 Å². The largest absolute Gasteiger partial charge is 0.461 e. The van der Waals surface area contributed by atoms with E-state index in [1.807, 2.05) is 6.07 Å². The molecule has 0 fully saturated rings. The summed E-state index contributed by atoms with van der Waals surface area (Å²) in [6.07, 6.45) is 1.63. The Morgan fingerprint density at radius 2 is 1.92 bits per heavy atom. The van der Waals surface area contributed by atoms with Gasteiger partial charge in [-0.1, -0.05) is 13.8 Å². The number of benzene rings is 1. The first-order valence-corrected chi connectivity index (χ1v) is 8.70. The van der Waals surface area contributed by atoms with E-state index in [-0.39, 0.29) is 5.97 Å². The van der Waals surface area contributed by atoms with Gasteiger partial charge in [-0.05, 0) is 65.4 Å². The summed E-state index contributed by atoms with van der Waals surface area (Å²) in [4.78, 5) is 18.5. The number of carbonyl (C=O) groups excluding carboxylic acids is 1. The number of rotatable bonds is 8. The first-order chi connectivity index (χ1) is 11.6. The van der Waals surface area contributed by atoms with E-state index in [0.29, 0.717) is 22.6 Å². The normalized spacial score (nSPS) is 11.3. The average molecular weight is 393 g/mol. The van der Waals surface area contributed by atoms with Crippen LogP contribution in [0.2, 0.25) is 0 Å². The molecule has 1 aromatic heterocycles. The Balaban J connectivity index is 1.86. The summed E-state index contributed by atoms with van der Waals surface area (Å²) < 4.78 is 11.3. The third-order valence-corrected chi connectivity index (χ3v) is 4.00. The fraction of sp³-hybridized carbons (Fsp3) is 0.333. The van der Waals surface area contributed by atoms with Crippen LogP contribution in [0.5, 0.6) is 0 Å². The molecule has 0 aliphatic carbocycles. The number of carbonyl (C=O) groups is 1. The van der Waals surface area contributed by atoms with E-state index in [9.17, 15) is 4.79 Å². The predicted molar refractivity (Wildman–Crippen MR) is 98.2 cm³/mol. The second kappa shape index (κ2) is 9.39. The summed E-state index contributed by atoms with van der Waals surface area (Å²) in [5.41, 5.74) is 1.26. The second-order valence-electron chi connectivity index (χ2n) is 5.11. The van der Waals surface area contributed by atoms with Crippen LogP contribution >= 0.6 is 15.9 Å². The van der Waals surface area contributed by atoms with Gasteiger partial charge in [-0.2, -0.15) is 0 Å². The lowest BCUT2D eigenvalue weighted by Gasteiger charge is -2.17. The van der Waals surface area contributed by atoms with Crippen molar-refractivity contribution in [2.45, 2.75) is 13.8 Å². The third kappa shape index (κ3) is 5.62. The van der Waals surface area contributed by atoms with E-state index in [1.165, 1.54) is 0 Å². The van der Waals surface area contributed by atoms with Crippen LogP contribution in [-0.2, 0) is 4.74 Å². The molecule has 24 heavy (non-hydrogen) atoms. The van der Waals surface area contributed by atoms with Crippen molar-refractivity contribution in [2.24, 2.45) is 4.99 Å². The molecule has 2 aromatic rings. The van der Waals surface area contributed by atoms with E-state index < -0.39 is 0 Å². The van der Waals surface area contributed by atoms with Gasteiger partial charge in [0, 0.05) is 6.54 Å². The zero-order valence-electron chi connectivity index (χ0n) is 13.9. The average Bonchev–Trinajstić information content (AvgIpc) is 3.02. The van der Waals surface area contributed by atoms with Crippen LogP contribution in [0.15, 0.2) is 50.5 Å². The summed E-state index contributed by atoms with van der Waals surface area (Å²) >= 11 is 3.24. The fourth-order valence-electron chi connectivity index (χ4n) is 2.11. The van der Waals surface area contributed by atoms with Crippen molar-refractivity contribution in [1.82, 2.24) is 4.90 Å². The Labute approximate surface area is 150 Å². The molecule has 0 bridgehead atoms. The molecule has 0 saturated heterocycles. The zero-order valence-corrected chi connectivity index (χ0v) is 15.5. The van der Waals surface area contributed by atoms with Crippen molar-refractivity contribution < 1.29 is 13.9 Å². The minimum atomic E-state index is -0.312. The molecule has 0 radical (unpaired) electrons. The lowest BCUT2D eigenvalue weighted by molar-refractivity contribution is 0.0466. The number of esters is 1. The lowest BCUT2D eigenvalue weighted by atomic mass is 10.2. The molecular formula is C18H21BrN2O3. The summed E-state index contributed by atoms with van der Waals surface area (Å²) in [6, 6.07) is 10.6. The summed E-state index contributed by atoms with van der Waals surface area (Å²) in [5.74, 6) is 0.342. The molecule has 0 atom stereocenters. The highest BCUT2D eigenvalue weighted by atomic mass is 79.9. The first kappa shape index (κ1) is 18.4. The van der Waals surface area contributed by atoms with Crippen molar-refractivity contribution in [1.29, 1.82) is 0 Å². The number of hydrogen-bond donors (Lipinski definition) is 0. The minimum absolute atomic E-state index is 0.312. The molecule has 1 aromatic carbocycles. The highest BCUT2D eigenvalue weighted by Gasteiger charge is 2.07. The number of aliphatic imine (C=N–C) groups is 1. The first-order valence-electron chi connectivity index (χ1n) is 7.91. The zero-order chi connectivity index (χ0) is 17.4. The Morgan fingerprint density at radius 1 is 1.21 bits per heavy atom. The lowest BCUT2D eigenvalue weighted by Crippen LogP contribution is -2.27. The van der Waals surface area contributed by atoms with Gasteiger partial charge in [-0.15, -0.1) is 0 Å². The number of likely N-dealkylation sites (N-methyl/N-ethyl adjacent to an activating group) is 1. The molecule has 0 unspecified atom stereocenters. The van der Waals surface area contributed by atoms with Crippen LogP contribution in [-0.4, -0.2) is 43.3 Å². The quantitative estimate of drug-likeness (QED) is 0.496. The van der Waals surface area contributed by atoms with Crippen molar-refractivity contribution in [2.75, 3.05) is 26.2 Å². The fourth-order valence-corrected chi connectivity index (χ4v) is 2.43. The number of ether oxygens (including phenoxy) is 1. The number of hydrogen-bond acceptors (Lipinski definition) is 5. The monoisotopic (exact) mass is 392 g/mol. The Kier molecular flexibility index (Phi) is 7.21. The van der Waals surface area contributed by atoms with Gasteiger partial charge < -0.3 is 14.1 Å². The van der Waals surface area contributed by atoms with Crippen molar-refractivity contribution in [3.8, 4) is 0 Å². The second-order valence-corrected chi connectivity index (χ2v) is 5.89. The minimum Gasteiger partial charge on any atom is -0.461 e. The topological polar surface area (TPSA) is 55.0 Å². The Morgan fingerprint density at radius 3 is 2.50 bits per heavy atom. The maximum Gasteiger partial charge on any atom is 0.338 e. The molecule has 0 aliphatic heterocycles. The maximum atomic E-state index is 12.0. The Hall–Kier alpha value is -1.92. The van der Waals surface area contributed by atoms with Gasteiger partial charge in [0.05, 0.1) is 17.5 Å². The molecule has 0 N–H and O–H groups in total. The SMILES string of the molecule is CCN(CC)CCOC(=O)c1ccc(N=Cc2ccc(Br)o2)cc1. The molecule has 1 heterocycles. The van der Waals surface area contributed by atoms with E-state index in [2.05, 4.69) is 39.7 Å². The molecule has 2 rings (SSSR count). The smallest absolute Gasteiger partial charge is 0.338 e. The molecule has 0 amide bonds. The Bertz CT molecular complexity index is 676. The van der Waals surface area contributed by atoms with E-state index in [0.717, 1.165) is 25.3 Å². The van der Waals surface area contributed by atoms with Crippen molar-refractivity contribution >= 4 is 33.8 Å². The van der Waals surface area contributed by atoms with Crippen LogP contribution in [0.1, 0.15) is 30.0 Å². The van der Waals surface area contributed by atoms with E-state index in [1.54, 1.807) is 36.5 Å². The van der Waals surface area contributed by atoms with Crippen LogP contribution in [0.3, 0.4) is 0 Å². The van der Waals surface area contributed by atoms with Crippen molar-refractivity contribution in [3.05, 3.63) is 52.4 Å². The molecule has 0 aliphatic rings. The highest BCUT2D eigenvalue weighted by molar-refractivity contribution is 9.10. The summed E-state index contributed by atoms with van der Waals surface area (Å²) in [5, 5.41) is 0. The molecule has 0 saturated carbocycles. The summed E-state index contributed by atoms with van der Waals surface area (Å²) in [7, 11) is 0. The summed E-state index contributed by atoms with van der Waals surface area (Å²) in [6.45, 7) is 7.23. The van der Waals surface area contributed by atoms with Gasteiger partial charge in [-0.3, -0.25) is 4.99 Å². The highest BCUT2D eigenvalue weighted by Crippen LogP contribution is 2.16. The van der Waals surface area contributed by atoms with Gasteiger partial charge in [0.2, 0.25) is 0 Å². The molecule has 6 heteroatoms. The van der Waals surface area contributed by atoms with E-state index in [4.69, 9.17) is 9.15 Å². The third-order valence-electron chi connectivity index (χ3n) is 3.57. The maximum absolute atomic E-state index is 12.0. The standard InChI is InChI=1S/C18H21BrN2O3/c1-3-21(4-2)11-12-23-18(22)14-5-7-15(8-6-14)20-13-16-9-10-17(19)24-16/h5-10,13H,3-4,11-12H2,1-2H3. The van der Waals surface area contributed by atoms with Crippen LogP contribution < -0.4 is 0 Å². The number of halogens is 1. The van der Waals surface area contributed by atoms with Gasteiger partial charge in [0.1, 0.15) is 12.4 Å². The van der Waals surface area contributed by atoms with Gasteiger partial charge in [0.25, 0.3) is 0 Å².